The molecule has 4 N–H and O–H groups in total. The van der Waals surface area contributed by atoms with E-state index in [0.717, 1.165) is 56.3 Å². The van der Waals surface area contributed by atoms with Gasteiger partial charge in [-0.2, -0.15) is 0 Å². The van der Waals surface area contributed by atoms with Crippen LogP contribution in [0.2, 0.25) is 0 Å². The number of nitrogens with one attached hydrogen (secondary N) is 2. The van der Waals surface area contributed by atoms with Gasteiger partial charge in [-0.25, -0.2) is 0 Å². The number of fused-ring (bicyclic) bond motifs is 1. The molecule has 1 fully saturated rings. The molecule has 2 aliphatic rings. The molecule has 2 heterocycles. The van der Waals surface area contributed by atoms with E-state index in [2.05, 4.69) is 10.6 Å². The number of rotatable bonds is 11. The van der Waals surface area contributed by atoms with E-state index in [9.17, 15) is 19.2 Å². The van der Waals surface area contributed by atoms with Crippen molar-refractivity contribution in [3.63, 3.8) is 0 Å². The van der Waals surface area contributed by atoms with Crippen molar-refractivity contribution in [3.05, 3.63) is 29.3 Å². The number of piperidine rings is 1. The summed E-state index contributed by atoms with van der Waals surface area (Å²) in [7, 11) is 0. The summed E-state index contributed by atoms with van der Waals surface area (Å²) in [6.45, 7) is 1.19. The number of benzene rings is 1. The highest BCUT2D eigenvalue weighted by molar-refractivity contribution is 6.06. The van der Waals surface area contributed by atoms with Crippen LogP contribution in [0.1, 0.15) is 73.7 Å². The molecule has 8 heteroatoms. The van der Waals surface area contributed by atoms with Crippen molar-refractivity contribution < 1.29 is 19.2 Å². The minimum Gasteiger partial charge on any atom is -0.385 e. The number of hydrogen-bond acceptors (Lipinski definition) is 5. The first kappa shape index (κ1) is 21.8. The molecule has 8 nitrogen and oxygen atoms in total. The molecule has 1 aromatic rings. The molecular formula is C22H30N4O4. The van der Waals surface area contributed by atoms with E-state index in [-0.39, 0.29) is 24.1 Å². The van der Waals surface area contributed by atoms with Gasteiger partial charge in [-0.3, -0.25) is 24.5 Å². The Morgan fingerprint density at radius 1 is 1.10 bits per heavy atom. The fourth-order valence-corrected chi connectivity index (χ4v) is 4.11. The van der Waals surface area contributed by atoms with Gasteiger partial charge in [-0.1, -0.05) is 31.7 Å². The largest absolute Gasteiger partial charge is 0.385 e. The van der Waals surface area contributed by atoms with Gasteiger partial charge in [-0.05, 0) is 31.4 Å². The smallest absolute Gasteiger partial charge is 0.255 e. The molecule has 30 heavy (non-hydrogen) atoms. The normalized spacial score (nSPS) is 18.3. The number of amides is 4. The first-order chi connectivity index (χ1) is 14.5. The quantitative estimate of drug-likeness (QED) is 0.378. The average molecular weight is 415 g/mol. The fourth-order valence-electron chi connectivity index (χ4n) is 4.11. The van der Waals surface area contributed by atoms with E-state index in [1.807, 2.05) is 12.1 Å². The van der Waals surface area contributed by atoms with E-state index < -0.39 is 11.9 Å². The van der Waals surface area contributed by atoms with Gasteiger partial charge in [0.25, 0.3) is 5.91 Å². The summed E-state index contributed by atoms with van der Waals surface area (Å²) in [5, 5.41) is 5.76. The van der Waals surface area contributed by atoms with Gasteiger partial charge >= 0.3 is 0 Å². The number of hydrogen-bond donors (Lipinski definition) is 3. The SMILES string of the molecule is NC(=O)CCCCCCCCNc1cccc2c1CN(C1CCC(=O)NC1=O)C2=O. The zero-order chi connectivity index (χ0) is 21.5. The Kier molecular flexibility index (Phi) is 7.43. The number of primary amides is 1. The maximum atomic E-state index is 12.8. The zero-order valence-corrected chi connectivity index (χ0v) is 17.2. The van der Waals surface area contributed by atoms with E-state index in [4.69, 9.17) is 5.73 Å². The molecule has 1 saturated heterocycles. The lowest BCUT2D eigenvalue weighted by Gasteiger charge is -2.29. The second kappa shape index (κ2) is 10.2. The van der Waals surface area contributed by atoms with Crippen LogP contribution in [-0.4, -0.2) is 41.1 Å². The monoisotopic (exact) mass is 414 g/mol. The molecule has 0 saturated carbocycles. The van der Waals surface area contributed by atoms with Gasteiger partial charge in [0.15, 0.2) is 0 Å². The summed E-state index contributed by atoms with van der Waals surface area (Å²) in [4.78, 5) is 48.7. The second-order valence-corrected chi connectivity index (χ2v) is 8.00. The summed E-state index contributed by atoms with van der Waals surface area (Å²) >= 11 is 0. The lowest BCUT2D eigenvalue weighted by molar-refractivity contribution is -0.137. The van der Waals surface area contributed by atoms with Crippen LogP contribution in [0.5, 0.6) is 0 Å². The Morgan fingerprint density at radius 2 is 1.83 bits per heavy atom. The summed E-state index contributed by atoms with van der Waals surface area (Å²) in [5.74, 6) is -1.06. The number of nitrogens with two attached hydrogens (primary N) is 1. The Morgan fingerprint density at radius 3 is 2.57 bits per heavy atom. The topological polar surface area (TPSA) is 122 Å². The zero-order valence-electron chi connectivity index (χ0n) is 17.2. The minimum atomic E-state index is -0.593. The van der Waals surface area contributed by atoms with Crippen LogP contribution in [0, 0.1) is 0 Å². The van der Waals surface area contributed by atoms with Crippen LogP contribution in [0.15, 0.2) is 18.2 Å². The number of carbonyl (C=O) groups excluding carboxylic acids is 4. The van der Waals surface area contributed by atoms with Crippen molar-refractivity contribution in [2.75, 3.05) is 11.9 Å². The number of unbranched alkanes of at least 4 members (excludes halogenated alkanes) is 5. The molecule has 0 radical (unpaired) electrons. The third-order valence-electron chi connectivity index (χ3n) is 5.75. The summed E-state index contributed by atoms with van der Waals surface area (Å²) < 4.78 is 0. The van der Waals surface area contributed by atoms with Crippen LogP contribution in [0.25, 0.3) is 0 Å². The number of anilines is 1. The van der Waals surface area contributed by atoms with Crippen LogP contribution in [0.4, 0.5) is 5.69 Å². The Hall–Kier alpha value is -2.90. The summed E-state index contributed by atoms with van der Waals surface area (Å²) in [5.41, 5.74) is 7.60. The molecule has 1 atom stereocenters. The van der Waals surface area contributed by atoms with Gasteiger partial charge in [0.2, 0.25) is 17.7 Å². The van der Waals surface area contributed by atoms with Crippen molar-refractivity contribution in [2.24, 2.45) is 5.73 Å². The van der Waals surface area contributed by atoms with E-state index >= 15 is 0 Å². The highest BCUT2D eigenvalue weighted by Gasteiger charge is 2.39. The lowest BCUT2D eigenvalue weighted by Crippen LogP contribution is -2.52. The van der Waals surface area contributed by atoms with Crippen molar-refractivity contribution in [3.8, 4) is 0 Å². The maximum Gasteiger partial charge on any atom is 0.255 e. The molecule has 0 aliphatic carbocycles. The third-order valence-corrected chi connectivity index (χ3v) is 5.75. The highest BCUT2D eigenvalue weighted by atomic mass is 16.2. The van der Waals surface area contributed by atoms with Crippen LogP contribution in [0.3, 0.4) is 0 Å². The maximum absolute atomic E-state index is 12.8. The average Bonchev–Trinajstić information content (AvgIpc) is 3.04. The molecular weight excluding hydrogens is 384 g/mol. The van der Waals surface area contributed by atoms with Gasteiger partial charge in [0.05, 0.1) is 0 Å². The molecule has 0 aromatic heterocycles. The Bertz CT molecular complexity index is 823. The predicted octanol–water partition coefficient (Wildman–Crippen LogP) is 2.08. The second-order valence-electron chi connectivity index (χ2n) is 8.00. The number of imide groups is 1. The third kappa shape index (κ3) is 5.37. The van der Waals surface area contributed by atoms with Crippen molar-refractivity contribution in [1.29, 1.82) is 0 Å². The van der Waals surface area contributed by atoms with Crippen LogP contribution >= 0.6 is 0 Å². The molecule has 0 spiro atoms. The predicted molar refractivity (Wildman–Crippen MR) is 112 cm³/mol. The summed E-state index contributed by atoms with van der Waals surface area (Å²) in [6.07, 6.45) is 7.32. The molecule has 4 amide bonds. The first-order valence-electron chi connectivity index (χ1n) is 10.8. The van der Waals surface area contributed by atoms with Gasteiger partial charge in [0.1, 0.15) is 6.04 Å². The molecule has 3 rings (SSSR count). The lowest BCUT2D eigenvalue weighted by atomic mass is 10.0. The molecule has 2 aliphatic heterocycles. The first-order valence-corrected chi connectivity index (χ1v) is 10.8. The number of nitrogens with zero attached hydrogens (tertiary/aromatic N) is 1. The highest BCUT2D eigenvalue weighted by Crippen LogP contribution is 2.32. The van der Waals surface area contributed by atoms with Crippen molar-refractivity contribution in [2.45, 2.75) is 70.4 Å². The standard InChI is InChI=1S/C22H30N4O4/c23-19(27)10-5-3-1-2-4-6-13-24-17-9-7-8-15-16(17)14-26(22(15)30)18-11-12-20(28)25-21(18)29/h7-9,18,24H,1-6,10-14H2,(H2,23,27)(H,25,28,29). The minimum absolute atomic E-state index is 0.154. The molecule has 1 aromatic carbocycles. The van der Waals surface area contributed by atoms with E-state index in [1.54, 1.807) is 11.0 Å². The van der Waals surface area contributed by atoms with Gasteiger partial charge < -0.3 is 16.0 Å². The van der Waals surface area contributed by atoms with E-state index in [1.165, 1.54) is 0 Å². The number of carbonyl (C=O) groups is 4. The van der Waals surface area contributed by atoms with Gasteiger partial charge in [0, 0.05) is 42.7 Å². The molecule has 1 unspecified atom stereocenters. The molecule has 162 valence electrons. The van der Waals surface area contributed by atoms with Crippen molar-refractivity contribution in [1.82, 2.24) is 10.2 Å². The fraction of sp³-hybridized carbons (Fsp3) is 0.545. The van der Waals surface area contributed by atoms with Crippen LogP contribution < -0.4 is 16.4 Å². The van der Waals surface area contributed by atoms with Crippen molar-refractivity contribution >= 4 is 29.3 Å². The van der Waals surface area contributed by atoms with Crippen LogP contribution in [-0.2, 0) is 20.9 Å². The Balaban J connectivity index is 1.46. The van der Waals surface area contributed by atoms with Gasteiger partial charge in [-0.15, -0.1) is 0 Å². The summed E-state index contributed by atoms with van der Waals surface area (Å²) in [6, 6.07) is 5.02. The molecule has 0 bridgehead atoms. The Labute approximate surface area is 176 Å². The van der Waals surface area contributed by atoms with E-state index in [0.29, 0.717) is 24.9 Å².